The first-order chi connectivity index (χ1) is 10.2. The maximum Gasteiger partial charge on any atom is 0.274 e. The molecule has 1 heterocycles. The van der Waals surface area contributed by atoms with Crippen LogP contribution in [0, 0.1) is 11.3 Å². The molecule has 0 saturated heterocycles. The van der Waals surface area contributed by atoms with Crippen molar-refractivity contribution in [1.82, 2.24) is 4.98 Å². The van der Waals surface area contributed by atoms with Crippen molar-refractivity contribution in [2.75, 3.05) is 11.9 Å². The van der Waals surface area contributed by atoms with E-state index in [0.29, 0.717) is 16.9 Å². The van der Waals surface area contributed by atoms with Crippen LogP contribution < -0.4 is 4.90 Å². The SMILES string of the molecule is CN(C(=O)c1cc2ccccc2[nH]1)c1ccccc1C#N. The van der Waals surface area contributed by atoms with Gasteiger partial charge in [-0.2, -0.15) is 5.26 Å². The largest absolute Gasteiger partial charge is 0.351 e. The van der Waals surface area contributed by atoms with Crippen molar-refractivity contribution in [3.8, 4) is 6.07 Å². The number of para-hydroxylation sites is 2. The second kappa shape index (κ2) is 5.14. The number of H-pyrrole nitrogens is 1. The Hall–Kier alpha value is -3.06. The summed E-state index contributed by atoms with van der Waals surface area (Å²) in [6.45, 7) is 0. The minimum atomic E-state index is -0.172. The average molecular weight is 275 g/mol. The first-order valence-electron chi connectivity index (χ1n) is 6.55. The van der Waals surface area contributed by atoms with Crippen LogP contribution in [0.2, 0.25) is 0 Å². The van der Waals surface area contributed by atoms with Crippen LogP contribution in [-0.2, 0) is 0 Å². The highest BCUT2D eigenvalue weighted by molar-refractivity contribution is 6.07. The normalized spacial score (nSPS) is 10.3. The smallest absolute Gasteiger partial charge is 0.274 e. The third-order valence-electron chi connectivity index (χ3n) is 3.45. The first-order valence-corrected chi connectivity index (χ1v) is 6.55. The number of nitrogens with one attached hydrogen (secondary N) is 1. The van der Waals surface area contributed by atoms with Crippen LogP contribution in [-0.4, -0.2) is 17.9 Å². The van der Waals surface area contributed by atoms with Gasteiger partial charge in [0, 0.05) is 18.0 Å². The standard InChI is InChI=1S/C17H13N3O/c1-20(16-9-5-3-7-13(16)11-18)17(21)15-10-12-6-2-4-8-14(12)19-15/h2-10,19H,1H3. The summed E-state index contributed by atoms with van der Waals surface area (Å²) in [6, 6.07) is 18.7. The zero-order valence-electron chi connectivity index (χ0n) is 11.5. The van der Waals surface area contributed by atoms with Crippen LogP contribution in [0.1, 0.15) is 16.1 Å². The van der Waals surface area contributed by atoms with Gasteiger partial charge >= 0.3 is 0 Å². The number of anilines is 1. The molecule has 0 aliphatic heterocycles. The van der Waals surface area contributed by atoms with Gasteiger partial charge in [-0.3, -0.25) is 4.79 Å². The van der Waals surface area contributed by atoms with Gasteiger partial charge in [0.25, 0.3) is 5.91 Å². The molecule has 1 amide bonds. The monoisotopic (exact) mass is 275 g/mol. The van der Waals surface area contributed by atoms with Crippen LogP contribution in [0.3, 0.4) is 0 Å². The number of nitriles is 1. The van der Waals surface area contributed by atoms with Gasteiger partial charge in [-0.05, 0) is 24.3 Å². The summed E-state index contributed by atoms with van der Waals surface area (Å²) < 4.78 is 0. The number of nitrogens with zero attached hydrogens (tertiary/aromatic N) is 2. The number of hydrogen-bond acceptors (Lipinski definition) is 2. The number of hydrogen-bond donors (Lipinski definition) is 1. The van der Waals surface area contributed by atoms with Gasteiger partial charge in [-0.15, -0.1) is 0 Å². The molecule has 4 nitrogen and oxygen atoms in total. The highest BCUT2D eigenvalue weighted by atomic mass is 16.2. The Balaban J connectivity index is 1.99. The molecule has 4 heteroatoms. The lowest BCUT2D eigenvalue weighted by Crippen LogP contribution is -2.27. The van der Waals surface area contributed by atoms with Gasteiger partial charge in [-0.25, -0.2) is 0 Å². The fourth-order valence-corrected chi connectivity index (χ4v) is 2.34. The zero-order valence-corrected chi connectivity index (χ0v) is 11.5. The number of amides is 1. The van der Waals surface area contributed by atoms with Gasteiger partial charge < -0.3 is 9.88 Å². The molecule has 0 fully saturated rings. The van der Waals surface area contributed by atoms with Crippen molar-refractivity contribution in [2.24, 2.45) is 0 Å². The number of carbonyl (C=O) groups is 1. The van der Waals surface area contributed by atoms with Gasteiger partial charge in [-0.1, -0.05) is 30.3 Å². The predicted molar refractivity (Wildman–Crippen MR) is 82.2 cm³/mol. The minimum absolute atomic E-state index is 0.172. The van der Waals surface area contributed by atoms with Crippen LogP contribution in [0.25, 0.3) is 10.9 Å². The van der Waals surface area contributed by atoms with Crippen LogP contribution >= 0.6 is 0 Å². The topological polar surface area (TPSA) is 59.9 Å². The molecular weight excluding hydrogens is 262 g/mol. The number of aromatic nitrogens is 1. The van der Waals surface area contributed by atoms with E-state index in [-0.39, 0.29) is 5.91 Å². The number of rotatable bonds is 2. The van der Waals surface area contributed by atoms with E-state index in [1.807, 2.05) is 36.4 Å². The van der Waals surface area contributed by atoms with E-state index in [1.54, 1.807) is 25.2 Å². The molecule has 2 aromatic carbocycles. The molecule has 0 bridgehead atoms. The van der Waals surface area contributed by atoms with Crippen molar-refractivity contribution in [1.29, 1.82) is 5.26 Å². The molecular formula is C17H13N3O. The molecule has 0 aliphatic rings. The molecule has 1 aromatic heterocycles. The summed E-state index contributed by atoms with van der Waals surface area (Å²) in [4.78, 5) is 17.2. The van der Waals surface area contributed by atoms with E-state index in [2.05, 4.69) is 11.1 Å². The van der Waals surface area contributed by atoms with Gasteiger partial charge in [0.15, 0.2) is 0 Å². The average Bonchev–Trinajstić information content (AvgIpc) is 2.97. The number of carbonyl (C=O) groups excluding carboxylic acids is 1. The minimum Gasteiger partial charge on any atom is -0.351 e. The van der Waals surface area contributed by atoms with Crippen LogP contribution in [0.4, 0.5) is 5.69 Å². The highest BCUT2D eigenvalue weighted by Gasteiger charge is 2.17. The number of benzene rings is 2. The molecule has 0 atom stereocenters. The first kappa shape index (κ1) is 12.9. The Kier molecular flexibility index (Phi) is 3.17. The zero-order chi connectivity index (χ0) is 14.8. The van der Waals surface area contributed by atoms with E-state index in [1.165, 1.54) is 4.90 Å². The summed E-state index contributed by atoms with van der Waals surface area (Å²) in [5, 5.41) is 10.1. The lowest BCUT2D eigenvalue weighted by Gasteiger charge is -2.17. The number of fused-ring (bicyclic) bond motifs is 1. The van der Waals surface area contributed by atoms with E-state index in [9.17, 15) is 4.79 Å². The molecule has 102 valence electrons. The third kappa shape index (κ3) is 2.26. The molecule has 0 aliphatic carbocycles. The van der Waals surface area contributed by atoms with E-state index >= 15 is 0 Å². The predicted octanol–water partition coefficient (Wildman–Crippen LogP) is 3.32. The molecule has 0 saturated carbocycles. The van der Waals surface area contributed by atoms with Crippen molar-refractivity contribution in [2.45, 2.75) is 0 Å². The maximum atomic E-state index is 12.6. The second-order valence-corrected chi connectivity index (χ2v) is 4.76. The Morgan fingerprint density at radius 3 is 2.62 bits per heavy atom. The molecule has 21 heavy (non-hydrogen) atoms. The Morgan fingerprint density at radius 1 is 1.14 bits per heavy atom. The van der Waals surface area contributed by atoms with E-state index < -0.39 is 0 Å². The quantitative estimate of drug-likeness (QED) is 0.780. The summed E-state index contributed by atoms with van der Waals surface area (Å²) in [7, 11) is 1.67. The summed E-state index contributed by atoms with van der Waals surface area (Å²) in [5.41, 5.74) is 2.50. The van der Waals surface area contributed by atoms with Gasteiger partial charge in [0.2, 0.25) is 0 Å². The van der Waals surface area contributed by atoms with Crippen molar-refractivity contribution >= 4 is 22.5 Å². The molecule has 1 N–H and O–H groups in total. The summed E-state index contributed by atoms with van der Waals surface area (Å²) >= 11 is 0. The maximum absolute atomic E-state index is 12.6. The third-order valence-corrected chi connectivity index (χ3v) is 3.45. The van der Waals surface area contributed by atoms with E-state index in [0.717, 1.165) is 10.9 Å². The van der Waals surface area contributed by atoms with E-state index in [4.69, 9.17) is 5.26 Å². The summed E-state index contributed by atoms with van der Waals surface area (Å²) in [6.07, 6.45) is 0. The number of aromatic amines is 1. The lowest BCUT2D eigenvalue weighted by atomic mass is 10.1. The fourth-order valence-electron chi connectivity index (χ4n) is 2.34. The molecule has 0 spiro atoms. The van der Waals surface area contributed by atoms with Crippen molar-refractivity contribution in [3.63, 3.8) is 0 Å². The summed E-state index contributed by atoms with van der Waals surface area (Å²) in [5.74, 6) is -0.172. The van der Waals surface area contributed by atoms with Crippen LogP contribution in [0.15, 0.2) is 54.6 Å². The van der Waals surface area contributed by atoms with Gasteiger partial charge in [0.1, 0.15) is 11.8 Å². The van der Waals surface area contributed by atoms with Gasteiger partial charge in [0.05, 0.1) is 11.3 Å². The van der Waals surface area contributed by atoms with Crippen molar-refractivity contribution in [3.05, 3.63) is 65.9 Å². The second-order valence-electron chi connectivity index (χ2n) is 4.76. The Morgan fingerprint density at radius 2 is 1.86 bits per heavy atom. The molecule has 0 unspecified atom stereocenters. The molecule has 0 radical (unpaired) electrons. The Labute approximate surface area is 122 Å². The highest BCUT2D eigenvalue weighted by Crippen LogP contribution is 2.22. The fraction of sp³-hybridized carbons (Fsp3) is 0.0588. The molecule has 3 rings (SSSR count). The lowest BCUT2D eigenvalue weighted by molar-refractivity contribution is 0.0989. The van der Waals surface area contributed by atoms with Crippen LogP contribution in [0.5, 0.6) is 0 Å². The Bertz CT molecular complexity index is 825. The van der Waals surface area contributed by atoms with Crippen molar-refractivity contribution < 1.29 is 4.79 Å². The molecule has 3 aromatic rings.